The first kappa shape index (κ1) is 22.8. The number of carboxylic acid groups (broad SMARTS) is 1. The molecule has 1 atom stereocenters. The molecule has 1 saturated carbocycles. The van der Waals surface area contributed by atoms with Crippen LogP contribution in [0.1, 0.15) is 72.1 Å². The van der Waals surface area contributed by atoms with E-state index in [-0.39, 0.29) is 34.8 Å². The summed E-state index contributed by atoms with van der Waals surface area (Å²) in [6.07, 6.45) is 9.57. The van der Waals surface area contributed by atoms with Crippen LogP contribution in [0.15, 0.2) is 12.3 Å². The van der Waals surface area contributed by atoms with Crippen LogP contribution < -0.4 is 9.64 Å². The maximum Gasteiger partial charge on any atom is 0.511 e. The monoisotopic (exact) mass is 445 g/mol. The minimum absolute atomic E-state index is 0.00615. The van der Waals surface area contributed by atoms with Gasteiger partial charge in [0.1, 0.15) is 0 Å². The number of carbonyl (C=O) groups excluding carboxylic acids is 1. The lowest BCUT2D eigenvalue weighted by atomic mass is 9.80. The number of nitrogens with zero attached hydrogens (tertiary/aromatic N) is 3. The average molecular weight is 446 g/mol. The van der Waals surface area contributed by atoms with E-state index in [1.807, 2.05) is 0 Å². The Hall–Kier alpha value is -2.35. The Morgan fingerprint density at radius 3 is 2.59 bits per heavy atom. The molecular weight excluding hydrogens is 410 g/mol. The van der Waals surface area contributed by atoms with E-state index >= 15 is 0 Å². The number of rotatable bonds is 5. The molecule has 1 N–H and O–H groups in total. The fourth-order valence-electron chi connectivity index (χ4n) is 4.99. The highest BCUT2D eigenvalue weighted by molar-refractivity contribution is 5.96. The predicted octanol–water partition coefficient (Wildman–Crippen LogP) is 4.94. The molecule has 1 amide bonds. The summed E-state index contributed by atoms with van der Waals surface area (Å²) >= 11 is 0. The van der Waals surface area contributed by atoms with Gasteiger partial charge in [-0.05, 0) is 62.7 Å². The smallest absolute Gasteiger partial charge is 0.449 e. The topological polar surface area (TPSA) is 93.9 Å². The van der Waals surface area contributed by atoms with Crippen molar-refractivity contribution in [1.29, 1.82) is 0 Å². The number of amides is 1. The van der Waals surface area contributed by atoms with Crippen LogP contribution in [-0.2, 0) is 9.53 Å². The number of hydrogen-bond acceptors (Lipinski definition) is 5. The van der Waals surface area contributed by atoms with E-state index in [1.165, 1.54) is 0 Å². The number of aromatic nitrogens is 2. The zero-order valence-corrected chi connectivity index (χ0v) is 19.4. The molecule has 8 nitrogen and oxygen atoms in total. The van der Waals surface area contributed by atoms with Crippen molar-refractivity contribution in [2.24, 2.45) is 17.3 Å². The van der Waals surface area contributed by atoms with Crippen LogP contribution in [0.25, 0.3) is 5.70 Å². The van der Waals surface area contributed by atoms with E-state index in [1.54, 1.807) is 15.8 Å². The molecule has 4 rings (SSSR count). The standard InChI is InChI=1S/C24H35N3O5/c1-16-4-6-17(7-5-16)22(28)27(19-10-13-31-15-19)21-20(32-23(29)30)14-26(25-21)18-8-11-24(2,3)12-9-18/h8,14,16-17,19H,4-7,9-13,15H2,1-3H3,(H,29,30). The van der Waals surface area contributed by atoms with Crippen LogP contribution in [-0.4, -0.2) is 46.2 Å². The summed E-state index contributed by atoms with van der Waals surface area (Å²) in [5.41, 5.74) is 1.24. The summed E-state index contributed by atoms with van der Waals surface area (Å²) in [6, 6.07) is -0.166. The lowest BCUT2D eigenvalue weighted by molar-refractivity contribution is -0.124. The van der Waals surface area contributed by atoms with E-state index in [0.29, 0.717) is 25.6 Å². The van der Waals surface area contributed by atoms with E-state index < -0.39 is 6.16 Å². The molecule has 8 heteroatoms. The first-order valence-corrected chi connectivity index (χ1v) is 11.8. The largest absolute Gasteiger partial charge is 0.511 e. The first-order chi connectivity index (χ1) is 15.2. The van der Waals surface area contributed by atoms with Gasteiger partial charge in [0.05, 0.1) is 18.8 Å². The predicted molar refractivity (Wildman–Crippen MR) is 121 cm³/mol. The normalized spacial score (nSPS) is 27.6. The first-order valence-electron chi connectivity index (χ1n) is 11.8. The molecule has 0 spiro atoms. The minimum Gasteiger partial charge on any atom is -0.449 e. The van der Waals surface area contributed by atoms with Gasteiger partial charge in [-0.2, -0.15) is 0 Å². The van der Waals surface area contributed by atoms with Crippen LogP contribution in [0, 0.1) is 17.3 Å². The van der Waals surface area contributed by atoms with Crippen LogP contribution in [0.5, 0.6) is 5.75 Å². The molecule has 32 heavy (non-hydrogen) atoms. The van der Waals surface area contributed by atoms with Crippen LogP contribution in [0.2, 0.25) is 0 Å². The molecule has 3 aliphatic rings. The van der Waals surface area contributed by atoms with Crippen molar-refractivity contribution in [2.45, 2.75) is 78.2 Å². The second-order valence-corrected chi connectivity index (χ2v) is 10.4. The van der Waals surface area contributed by atoms with Gasteiger partial charge in [0, 0.05) is 18.2 Å². The van der Waals surface area contributed by atoms with Crippen molar-refractivity contribution in [1.82, 2.24) is 9.78 Å². The number of carbonyl (C=O) groups is 2. The summed E-state index contributed by atoms with van der Waals surface area (Å²) in [6.45, 7) is 7.69. The molecule has 0 aromatic carbocycles. The summed E-state index contributed by atoms with van der Waals surface area (Å²) < 4.78 is 12.4. The molecule has 1 aromatic rings. The van der Waals surface area contributed by atoms with Crippen molar-refractivity contribution in [2.75, 3.05) is 18.1 Å². The third-order valence-corrected chi connectivity index (χ3v) is 7.20. The second kappa shape index (κ2) is 9.25. The van der Waals surface area contributed by atoms with Crippen molar-refractivity contribution >= 4 is 23.6 Å². The summed E-state index contributed by atoms with van der Waals surface area (Å²) in [5.74, 6) is 0.954. The quantitative estimate of drug-likeness (QED) is 0.645. The number of ether oxygens (including phenoxy) is 2. The Bertz CT molecular complexity index is 876. The van der Waals surface area contributed by atoms with Gasteiger partial charge in [-0.3, -0.25) is 9.69 Å². The van der Waals surface area contributed by atoms with Gasteiger partial charge in [-0.1, -0.05) is 26.8 Å². The Morgan fingerprint density at radius 1 is 1.25 bits per heavy atom. The molecule has 2 heterocycles. The van der Waals surface area contributed by atoms with Crippen LogP contribution >= 0.6 is 0 Å². The summed E-state index contributed by atoms with van der Waals surface area (Å²) in [4.78, 5) is 26.8. The summed E-state index contributed by atoms with van der Waals surface area (Å²) in [5, 5.41) is 14.1. The fraction of sp³-hybridized carbons (Fsp3) is 0.708. The third kappa shape index (κ3) is 5.00. The van der Waals surface area contributed by atoms with E-state index in [9.17, 15) is 14.7 Å². The Labute approximate surface area is 189 Å². The highest BCUT2D eigenvalue weighted by Gasteiger charge is 2.38. The van der Waals surface area contributed by atoms with Gasteiger partial charge in [0.2, 0.25) is 11.7 Å². The molecule has 176 valence electrons. The highest BCUT2D eigenvalue weighted by atomic mass is 16.7. The van der Waals surface area contributed by atoms with Gasteiger partial charge in [0.25, 0.3) is 0 Å². The van der Waals surface area contributed by atoms with Crippen LogP contribution in [0.4, 0.5) is 10.6 Å². The third-order valence-electron chi connectivity index (χ3n) is 7.20. The zero-order valence-electron chi connectivity index (χ0n) is 19.4. The van der Waals surface area contributed by atoms with E-state index in [0.717, 1.165) is 50.6 Å². The molecule has 0 bridgehead atoms. The Kier molecular flexibility index (Phi) is 6.60. The Morgan fingerprint density at radius 2 is 2.00 bits per heavy atom. The van der Waals surface area contributed by atoms with E-state index in [2.05, 4.69) is 26.8 Å². The SMILES string of the molecule is CC1CCC(C(=O)N(c2nn(C3=CCC(C)(C)CC3)cc2OC(=O)O)C2CCOC2)CC1. The lowest BCUT2D eigenvalue weighted by Gasteiger charge is -2.33. The maximum atomic E-state index is 13.7. The number of hydrogen-bond donors (Lipinski definition) is 1. The molecule has 0 radical (unpaired) electrons. The maximum absolute atomic E-state index is 13.7. The van der Waals surface area contributed by atoms with Crippen molar-refractivity contribution in [3.8, 4) is 5.75 Å². The fourth-order valence-corrected chi connectivity index (χ4v) is 4.99. The zero-order chi connectivity index (χ0) is 22.9. The van der Waals surface area contributed by atoms with Crippen molar-refractivity contribution in [3.63, 3.8) is 0 Å². The molecule has 1 unspecified atom stereocenters. The second-order valence-electron chi connectivity index (χ2n) is 10.4. The summed E-state index contributed by atoms with van der Waals surface area (Å²) in [7, 11) is 0. The average Bonchev–Trinajstić information content (AvgIpc) is 3.39. The molecule has 2 fully saturated rings. The number of allylic oxidation sites excluding steroid dienone is 2. The lowest BCUT2D eigenvalue weighted by Crippen LogP contribution is -2.45. The molecule has 1 aromatic heterocycles. The van der Waals surface area contributed by atoms with Crippen LogP contribution in [0.3, 0.4) is 0 Å². The van der Waals surface area contributed by atoms with Gasteiger partial charge in [0.15, 0.2) is 5.75 Å². The number of anilines is 1. The molecule has 1 saturated heterocycles. The van der Waals surface area contributed by atoms with Gasteiger partial charge >= 0.3 is 6.16 Å². The van der Waals surface area contributed by atoms with Crippen molar-refractivity contribution in [3.05, 3.63) is 12.3 Å². The Balaban J connectivity index is 1.69. The minimum atomic E-state index is -1.41. The molecule has 2 aliphatic carbocycles. The van der Waals surface area contributed by atoms with Gasteiger partial charge in [-0.25, -0.2) is 9.48 Å². The van der Waals surface area contributed by atoms with Gasteiger partial charge < -0.3 is 14.6 Å². The van der Waals surface area contributed by atoms with Gasteiger partial charge in [-0.15, -0.1) is 5.10 Å². The molecular formula is C24H35N3O5. The molecule has 1 aliphatic heterocycles. The highest BCUT2D eigenvalue weighted by Crippen LogP contribution is 2.39. The van der Waals surface area contributed by atoms with E-state index in [4.69, 9.17) is 14.6 Å². The van der Waals surface area contributed by atoms with Crippen molar-refractivity contribution < 1.29 is 24.2 Å².